The third-order valence-electron chi connectivity index (χ3n) is 2.23. The van der Waals surface area contributed by atoms with Gasteiger partial charge in [0.2, 0.25) is 0 Å². The van der Waals surface area contributed by atoms with Gasteiger partial charge in [0.1, 0.15) is 0 Å². The van der Waals surface area contributed by atoms with E-state index in [-0.39, 0.29) is 6.10 Å². The molecule has 0 atom stereocenters. The fourth-order valence-electron chi connectivity index (χ4n) is 1.38. The predicted molar refractivity (Wildman–Crippen MR) is 70.9 cm³/mol. The Hall–Kier alpha value is -0.120. The molecule has 16 heavy (non-hydrogen) atoms. The highest BCUT2D eigenvalue weighted by atomic mass is 16.5. The van der Waals surface area contributed by atoms with Crippen LogP contribution in [-0.4, -0.2) is 38.0 Å². The van der Waals surface area contributed by atoms with Gasteiger partial charge >= 0.3 is 0 Å². The van der Waals surface area contributed by atoms with Crippen LogP contribution >= 0.6 is 0 Å². The van der Waals surface area contributed by atoms with E-state index in [0.29, 0.717) is 0 Å². The highest BCUT2D eigenvalue weighted by Gasteiger charge is 2.09. The molecule has 0 bridgehead atoms. The van der Waals surface area contributed by atoms with Crippen LogP contribution in [0.2, 0.25) is 0 Å². The van der Waals surface area contributed by atoms with Gasteiger partial charge in [0.25, 0.3) is 0 Å². The largest absolute Gasteiger partial charge is 0.393 e. The molecule has 2 N–H and O–H groups in total. The topological polar surface area (TPSA) is 41.5 Å². The maximum Gasteiger partial charge on any atom is 0.0587 e. The van der Waals surface area contributed by atoms with Gasteiger partial charge in [-0.1, -0.05) is 33.6 Å². The number of nitrogens with one attached hydrogen (secondary N) is 1. The van der Waals surface area contributed by atoms with Crippen LogP contribution in [-0.2, 0) is 4.74 Å². The fourth-order valence-corrected chi connectivity index (χ4v) is 1.38. The Morgan fingerprint density at radius 3 is 2.06 bits per heavy atom. The zero-order chi connectivity index (χ0) is 12.6. The van der Waals surface area contributed by atoms with Crippen molar-refractivity contribution in [1.82, 2.24) is 5.32 Å². The van der Waals surface area contributed by atoms with Gasteiger partial charge in [-0.2, -0.15) is 0 Å². The van der Waals surface area contributed by atoms with Crippen LogP contribution in [0.25, 0.3) is 0 Å². The lowest BCUT2D eigenvalue weighted by atomic mass is 10.3. The quantitative estimate of drug-likeness (QED) is 0.717. The average Bonchev–Trinajstić information content (AvgIpc) is 2.79. The van der Waals surface area contributed by atoms with Crippen LogP contribution in [0.1, 0.15) is 52.9 Å². The summed E-state index contributed by atoms with van der Waals surface area (Å²) in [6.07, 6.45) is 5.80. The summed E-state index contributed by atoms with van der Waals surface area (Å²) in [4.78, 5) is 0. The van der Waals surface area contributed by atoms with Gasteiger partial charge < -0.3 is 15.2 Å². The maximum absolute atomic E-state index is 8.73. The molecule has 0 amide bonds. The van der Waals surface area contributed by atoms with E-state index in [1.165, 1.54) is 19.3 Å². The standard InChI is InChI=1S/C6H15NO.C5H10O.C2H6/c1-3-4-7-5-6-8-2;6-5-3-1-2-4-5;1-2/h7H,3-6H2,1-2H3;5-6H,1-4H2;1-2H3. The Morgan fingerprint density at radius 1 is 1.19 bits per heavy atom. The summed E-state index contributed by atoms with van der Waals surface area (Å²) in [5.41, 5.74) is 0. The van der Waals surface area contributed by atoms with Crippen molar-refractivity contribution in [2.45, 2.75) is 59.0 Å². The van der Waals surface area contributed by atoms with Crippen LogP contribution in [0, 0.1) is 0 Å². The number of methoxy groups -OCH3 is 1. The molecule has 1 saturated carbocycles. The van der Waals surface area contributed by atoms with Gasteiger partial charge in [-0.3, -0.25) is 0 Å². The van der Waals surface area contributed by atoms with Crippen molar-refractivity contribution in [2.24, 2.45) is 0 Å². The first kappa shape index (κ1) is 18.3. The molecule has 0 spiro atoms. The molecular formula is C13H31NO2. The summed E-state index contributed by atoms with van der Waals surface area (Å²) in [7, 11) is 1.72. The van der Waals surface area contributed by atoms with Crippen molar-refractivity contribution in [3.63, 3.8) is 0 Å². The highest BCUT2D eigenvalue weighted by Crippen LogP contribution is 2.16. The molecule has 3 heteroatoms. The van der Waals surface area contributed by atoms with Gasteiger partial charge in [0.15, 0.2) is 0 Å². The third kappa shape index (κ3) is 16.3. The molecular weight excluding hydrogens is 202 g/mol. The van der Waals surface area contributed by atoms with Crippen LogP contribution in [0.4, 0.5) is 0 Å². The van der Waals surface area contributed by atoms with E-state index in [4.69, 9.17) is 9.84 Å². The van der Waals surface area contributed by atoms with E-state index in [1.807, 2.05) is 13.8 Å². The Labute approximate surface area is 102 Å². The molecule has 0 aromatic carbocycles. The molecule has 1 aliphatic rings. The van der Waals surface area contributed by atoms with E-state index in [0.717, 1.165) is 32.5 Å². The van der Waals surface area contributed by atoms with Crippen LogP contribution < -0.4 is 5.32 Å². The van der Waals surface area contributed by atoms with Crippen LogP contribution in [0.15, 0.2) is 0 Å². The summed E-state index contributed by atoms with van der Waals surface area (Å²) in [6.45, 7) is 9.05. The smallest absolute Gasteiger partial charge is 0.0587 e. The molecule has 0 saturated heterocycles. The second kappa shape index (κ2) is 17.3. The molecule has 0 aromatic heterocycles. The minimum atomic E-state index is 0.0463. The number of hydrogen-bond donors (Lipinski definition) is 2. The number of hydrogen-bond acceptors (Lipinski definition) is 3. The lowest BCUT2D eigenvalue weighted by molar-refractivity contribution is 0.183. The van der Waals surface area contributed by atoms with Gasteiger partial charge in [-0.15, -0.1) is 0 Å². The lowest BCUT2D eigenvalue weighted by Crippen LogP contribution is -2.19. The summed E-state index contributed by atoms with van der Waals surface area (Å²) >= 11 is 0. The molecule has 0 radical (unpaired) electrons. The van der Waals surface area contributed by atoms with Crippen molar-refractivity contribution >= 4 is 0 Å². The summed E-state index contributed by atoms with van der Waals surface area (Å²) < 4.78 is 4.83. The Bertz CT molecular complexity index is 98.1. The van der Waals surface area contributed by atoms with Crippen LogP contribution in [0.3, 0.4) is 0 Å². The molecule has 1 aliphatic carbocycles. The normalized spacial score (nSPS) is 14.8. The molecule has 1 rings (SSSR count). The van der Waals surface area contributed by atoms with E-state index < -0.39 is 0 Å². The summed E-state index contributed by atoms with van der Waals surface area (Å²) in [5.74, 6) is 0. The SMILES string of the molecule is CC.CCCNCCOC.OC1CCCC1. The number of ether oxygens (including phenoxy) is 1. The summed E-state index contributed by atoms with van der Waals surface area (Å²) in [5, 5.41) is 11.9. The Morgan fingerprint density at radius 2 is 1.75 bits per heavy atom. The molecule has 3 nitrogen and oxygen atoms in total. The first-order valence-corrected chi connectivity index (χ1v) is 6.69. The number of aliphatic hydroxyl groups is 1. The van der Waals surface area contributed by atoms with Crippen molar-refractivity contribution in [3.8, 4) is 0 Å². The Kier molecular flexibility index (Phi) is 19.7. The number of rotatable bonds is 5. The third-order valence-corrected chi connectivity index (χ3v) is 2.23. The lowest BCUT2D eigenvalue weighted by Gasteiger charge is -1.98. The Balaban J connectivity index is 0. The first-order chi connectivity index (χ1) is 7.81. The fraction of sp³-hybridized carbons (Fsp3) is 1.00. The minimum Gasteiger partial charge on any atom is -0.393 e. The van der Waals surface area contributed by atoms with Gasteiger partial charge in [-0.05, 0) is 25.8 Å². The molecule has 0 unspecified atom stereocenters. The predicted octanol–water partition coefficient (Wildman–Crippen LogP) is 2.58. The van der Waals surface area contributed by atoms with E-state index >= 15 is 0 Å². The number of aliphatic hydroxyl groups excluding tert-OH is 1. The zero-order valence-electron chi connectivity index (χ0n) is 11.6. The summed E-state index contributed by atoms with van der Waals surface area (Å²) in [6, 6.07) is 0. The monoisotopic (exact) mass is 233 g/mol. The van der Waals surface area contributed by atoms with Crippen molar-refractivity contribution in [1.29, 1.82) is 0 Å². The second-order valence-corrected chi connectivity index (χ2v) is 3.68. The molecule has 0 aromatic rings. The van der Waals surface area contributed by atoms with Crippen molar-refractivity contribution in [2.75, 3.05) is 26.8 Å². The average molecular weight is 233 g/mol. The highest BCUT2D eigenvalue weighted by molar-refractivity contribution is 4.63. The van der Waals surface area contributed by atoms with Gasteiger partial charge in [0.05, 0.1) is 12.7 Å². The molecule has 1 fully saturated rings. The van der Waals surface area contributed by atoms with Crippen molar-refractivity contribution in [3.05, 3.63) is 0 Å². The maximum atomic E-state index is 8.73. The van der Waals surface area contributed by atoms with Gasteiger partial charge in [0, 0.05) is 13.7 Å². The van der Waals surface area contributed by atoms with E-state index in [1.54, 1.807) is 7.11 Å². The van der Waals surface area contributed by atoms with E-state index in [9.17, 15) is 0 Å². The van der Waals surface area contributed by atoms with E-state index in [2.05, 4.69) is 12.2 Å². The molecule has 0 heterocycles. The van der Waals surface area contributed by atoms with Crippen LogP contribution in [0.5, 0.6) is 0 Å². The molecule has 0 aliphatic heterocycles. The minimum absolute atomic E-state index is 0.0463. The first-order valence-electron chi connectivity index (χ1n) is 6.69. The zero-order valence-corrected chi connectivity index (χ0v) is 11.6. The second-order valence-electron chi connectivity index (χ2n) is 3.68. The van der Waals surface area contributed by atoms with Crippen molar-refractivity contribution < 1.29 is 9.84 Å². The molecule has 100 valence electrons. The van der Waals surface area contributed by atoms with Gasteiger partial charge in [-0.25, -0.2) is 0 Å².